The number of hydrogen-bond acceptors (Lipinski definition) is 4. The number of hydrogen-bond donors (Lipinski definition) is 0. The Bertz CT molecular complexity index is 955. The van der Waals surface area contributed by atoms with Gasteiger partial charge in [0.2, 0.25) is 0 Å². The summed E-state index contributed by atoms with van der Waals surface area (Å²) in [5, 5.41) is 0.200. The van der Waals surface area contributed by atoms with Crippen molar-refractivity contribution in [2.45, 2.75) is 56.2 Å². The lowest BCUT2D eigenvalue weighted by Crippen LogP contribution is -2.43. The third-order valence-corrected chi connectivity index (χ3v) is 7.46. The molecule has 0 bridgehead atoms. The van der Waals surface area contributed by atoms with Crippen LogP contribution in [-0.4, -0.2) is 36.8 Å². The maximum absolute atomic E-state index is 13.0. The molecule has 0 N–H and O–H groups in total. The summed E-state index contributed by atoms with van der Waals surface area (Å²) in [6, 6.07) is 10.2. The molecule has 150 valence electrons. The molecule has 2 aromatic rings. The quantitative estimate of drug-likeness (QED) is 0.717. The zero-order chi connectivity index (χ0) is 20.3. The van der Waals surface area contributed by atoms with Gasteiger partial charge in [-0.1, -0.05) is 36.7 Å². The number of carbonyl (C=O) groups excluding carboxylic acids is 1. The fourth-order valence-electron chi connectivity index (χ4n) is 3.80. The first-order chi connectivity index (χ1) is 13.3. The molecule has 1 saturated heterocycles. The van der Waals surface area contributed by atoms with Gasteiger partial charge in [0.25, 0.3) is 5.91 Å². The zero-order valence-corrected chi connectivity index (χ0v) is 17.8. The van der Waals surface area contributed by atoms with Gasteiger partial charge in [-0.3, -0.25) is 4.79 Å². The molecule has 2 heterocycles. The van der Waals surface area contributed by atoms with Crippen LogP contribution in [0.5, 0.6) is 0 Å². The Morgan fingerprint density at radius 1 is 1.21 bits per heavy atom. The second-order valence-electron chi connectivity index (χ2n) is 7.22. The molecule has 1 amide bonds. The van der Waals surface area contributed by atoms with Crippen LogP contribution in [0.3, 0.4) is 0 Å². The van der Waals surface area contributed by atoms with Gasteiger partial charge in [-0.15, -0.1) is 0 Å². The van der Waals surface area contributed by atoms with E-state index in [-0.39, 0.29) is 27.6 Å². The van der Waals surface area contributed by atoms with E-state index in [9.17, 15) is 13.2 Å². The summed E-state index contributed by atoms with van der Waals surface area (Å²) in [6.45, 7) is 4.52. The number of rotatable bonds is 5. The second-order valence-corrected chi connectivity index (χ2v) is 9.55. The van der Waals surface area contributed by atoms with E-state index in [4.69, 9.17) is 11.6 Å². The predicted octanol–water partition coefficient (Wildman–Crippen LogP) is 4.42. The van der Waals surface area contributed by atoms with Gasteiger partial charge in [0.1, 0.15) is 5.69 Å². The minimum absolute atomic E-state index is 0.122. The average Bonchev–Trinajstić information content (AvgIpc) is 2.67. The summed E-state index contributed by atoms with van der Waals surface area (Å²) in [7, 11) is -3.68. The fourth-order valence-corrected chi connectivity index (χ4v) is 5.99. The average molecular weight is 421 g/mol. The highest BCUT2D eigenvalue weighted by Crippen LogP contribution is 2.28. The molecule has 1 aromatic carbocycles. The molecule has 0 spiro atoms. The van der Waals surface area contributed by atoms with Crippen LogP contribution in [0, 0.1) is 6.92 Å². The SMILES string of the molecule is CCC1CCCCN1C(=O)c1cccc(CS(=O)(=O)c2c(C)cccc2Cl)n1. The van der Waals surface area contributed by atoms with Crippen molar-refractivity contribution < 1.29 is 13.2 Å². The number of benzene rings is 1. The van der Waals surface area contributed by atoms with Gasteiger partial charge in [0.15, 0.2) is 9.84 Å². The van der Waals surface area contributed by atoms with E-state index in [0.717, 1.165) is 32.2 Å². The maximum Gasteiger partial charge on any atom is 0.272 e. The van der Waals surface area contributed by atoms with Gasteiger partial charge < -0.3 is 4.90 Å². The molecular weight excluding hydrogens is 396 g/mol. The summed E-state index contributed by atoms with van der Waals surface area (Å²) in [4.78, 5) is 19.3. The molecule has 7 heteroatoms. The molecule has 1 aromatic heterocycles. The smallest absolute Gasteiger partial charge is 0.272 e. The van der Waals surface area contributed by atoms with E-state index in [1.807, 2.05) is 4.90 Å². The van der Waals surface area contributed by atoms with Crippen LogP contribution in [0.4, 0.5) is 0 Å². The zero-order valence-electron chi connectivity index (χ0n) is 16.2. The lowest BCUT2D eigenvalue weighted by molar-refractivity contribution is 0.0601. The van der Waals surface area contributed by atoms with Gasteiger partial charge in [-0.2, -0.15) is 0 Å². The van der Waals surface area contributed by atoms with E-state index in [1.54, 1.807) is 43.3 Å². The second kappa shape index (κ2) is 8.62. The molecule has 3 rings (SSSR count). The highest BCUT2D eigenvalue weighted by Gasteiger charge is 2.28. The standard InChI is InChI=1S/C21H25ClN2O3S/c1-3-17-10-4-5-13-24(17)21(25)19-12-7-9-16(23-19)14-28(26,27)20-15(2)8-6-11-18(20)22/h6-9,11-12,17H,3-5,10,13-14H2,1-2H3. The van der Waals surface area contributed by atoms with Crippen LogP contribution < -0.4 is 0 Å². The first-order valence-electron chi connectivity index (χ1n) is 9.58. The van der Waals surface area contributed by atoms with Crippen molar-refractivity contribution in [1.29, 1.82) is 0 Å². The third-order valence-electron chi connectivity index (χ3n) is 5.20. The molecule has 5 nitrogen and oxygen atoms in total. The Kier molecular flexibility index (Phi) is 6.40. The molecule has 1 atom stereocenters. The van der Waals surface area contributed by atoms with Crippen LogP contribution in [0.25, 0.3) is 0 Å². The number of likely N-dealkylation sites (tertiary alicyclic amines) is 1. The van der Waals surface area contributed by atoms with Gasteiger partial charge >= 0.3 is 0 Å². The number of halogens is 1. The lowest BCUT2D eigenvalue weighted by atomic mass is 9.99. The minimum atomic E-state index is -3.68. The molecule has 1 unspecified atom stereocenters. The van der Waals surface area contributed by atoms with Crippen molar-refractivity contribution >= 4 is 27.3 Å². The van der Waals surface area contributed by atoms with Crippen molar-refractivity contribution in [3.05, 3.63) is 58.4 Å². The third kappa shape index (κ3) is 4.39. The van der Waals surface area contributed by atoms with Gasteiger partial charge in [-0.25, -0.2) is 13.4 Å². The van der Waals surface area contributed by atoms with Crippen molar-refractivity contribution in [2.24, 2.45) is 0 Å². The summed E-state index contributed by atoms with van der Waals surface area (Å²) < 4.78 is 25.8. The Balaban J connectivity index is 1.86. The molecular formula is C21H25ClN2O3S. The monoisotopic (exact) mass is 420 g/mol. The van der Waals surface area contributed by atoms with Crippen LogP contribution >= 0.6 is 11.6 Å². The van der Waals surface area contributed by atoms with Crippen LogP contribution in [-0.2, 0) is 15.6 Å². The van der Waals surface area contributed by atoms with E-state index in [1.165, 1.54) is 0 Å². The van der Waals surface area contributed by atoms with E-state index in [0.29, 0.717) is 17.0 Å². The Morgan fingerprint density at radius 3 is 2.68 bits per heavy atom. The molecule has 0 saturated carbocycles. The number of nitrogens with zero attached hydrogens (tertiary/aromatic N) is 2. The Hall–Kier alpha value is -1.92. The number of sulfone groups is 1. The van der Waals surface area contributed by atoms with Crippen molar-refractivity contribution in [3.8, 4) is 0 Å². The van der Waals surface area contributed by atoms with Gasteiger partial charge in [0, 0.05) is 12.6 Å². The van der Waals surface area contributed by atoms with Crippen LogP contribution in [0.1, 0.15) is 54.4 Å². The Morgan fingerprint density at radius 2 is 1.96 bits per heavy atom. The lowest BCUT2D eigenvalue weighted by Gasteiger charge is -2.35. The molecule has 1 aliphatic rings. The molecule has 0 aliphatic carbocycles. The molecule has 1 aliphatic heterocycles. The number of aromatic nitrogens is 1. The van der Waals surface area contributed by atoms with E-state index < -0.39 is 9.84 Å². The minimum Gasteiger partial charge on any atom is -0.334 e. The largest absolute Gasteiger partial charge is 0.334 e. The molecule has 0 radical (unpaired) electrons. The molecule has 1 fully saturated rings. The predicted molar refractivity (Wildman–Crippen MR) is 110 cm³/mol. The van der Waals surface area contributed by atoms with E-state index in [2.05, 4.69) is 11.9 Å². The number of aryl methyl sites for hydroxylation is 1. The topological polar surface area (TPSA) is 67.3 Å². The van der Waals surface area contributed by atoms with Crippen LogP contribution in [0.15, 0.2) is 41.3 Å². The normalized spacial score (nSPS) is 17.5. The van der Waals surface area contributed by atoms with Crippen LogP contribution in [0.2, 0.25) is 5.02 Å². The summed E-state index contributed by atoms with van der Waals surface area (Å²) in [5.41, 5.74) is 1.23. The number of piperidine rings is 1. The molecule has 28 heavy (non-hydrogen) atoms. The van der Waals surface area contributed by atoms with Crippen molar-refractivity contribution in [3.63, 3.8) is 0 Å². The van der Waals surface area contributed by atoms with E-state index >= 15 is 0 Å². The number of amides is 1. The number of pyridine rings is 1. The number of carbonyl (C=O) groups is 1. The highest BCUT2D eigenvalue weighted by atomic mass is 35.5. The fraction of sp³-hybridized carbons (Fsp3) is 0.429. The Labute approximate surface area is 171 Å². The van der Waals surface area contributed by atoms with Crippen molar-refractivity contribution in [1.82, 2.24) is 9.88 Å². The van der Waals surface area contributed by atoms with Crippen molar-refractivity contribution in [2.75, 3.05) is 6.54 Å². The first-order valence-corrected chi connectivity index (χ1v) is 11.6. The van der Waals surface area contributed by atoms with Gasteiger partial charge in [-0.05, 0) is 56.4 Å². The first kappa shape index (κ1) is 20.8. The summed E-state index contributed by atoms with van der Waals surface area (Å²) in [6.07, 6.45) is 4.03. The summed E-state index contributed by atoms with van der Waals surface area (Å²) in [5.74, 6) is -0.421. The highest BCUT2D eigenvalue weighted by molar-refractivity contribution is 7.90. The van der Waals surface area contributed by atoms with Gasteiger partial charge in [0.05, 0.1) is 21.4 Å². The summed E-state index contributed by atoms with van der Waals surface area (Å²) >= 11 is 6.14. The maximum atomic E-state index is 13.0.